The van der Waals surface area contributed by atoms with Crippen molar-refractivity contribution in [3.8, 4) is 0 Å². The van der Waals surface area contributed by atoms with E-state index in [1.54, 1.807) is 11.3 Å². The standard InChI is InChI=1S/C14H17BrN2S/c1-3-16-13(9-14-17-6-7-18-14)11-5-4-10(2)8-12(11)15/h4-8,13,16H,3,9H2,1-2H3. The minimum absolute atomic E-state index is 0.316. The van der Waals surface area contributed by atoms with Crippen molar-refractivity contribution in [1.82, 2.24) is 10.3 Å². The summed E-state index contributed by atoms with van der Waals surface area (Å²) in [5.74, 6) is 0. The van der Waals surface area contributed by atoms with E-state index in [0.717, 1.165) is 13.0 Å². The van der Waals surface area contributed by atoms with Gasteiger partial charge in [-0.1, -0.05) is 35.0 Å². The summed E-state index contributed by atoms with van der Waals surface area (Å²) in [7, 11) is 0. The van der Waals surface area contributed by atoms with Crippen LogP contribution in [-0.2, 0) is 6.42 Å². The van der Waals surface area contributed by atoms with Gasteiger partial charge in [0.15, 0.2) is 0 Å². The summed E-state index contributed by atoms with van der Waals surface area (Å²) in [6, 6.07) is 6.84. The normalized spacial score (nSPS) is 12.6. The average Bonchev–Trinajstić information content (AvgIpc) is 2.81. The Morgan fingerprint density at radius 2 is 2.28 bits per heavy atom. The topological polar surface area (TPSA) is 24.9 Å². The molecule has 1 atom stereocenters. The lowest BCUT2D eigenvalue weighted by atomic mass is 10.0. The summed E-state index contributed by atoms with van der Waals surface area (Å²) in [6.07, 6.45) is 2.81. The van der Waals surface area contributed by atoms with Gasteiger partial charge in [-0.15, -0.1) is 11.3 Å². The number of halogens is 1. The molecule has 0 amide bonds. The van der Waals surface area contributed by atoms with Crippen LogP contribution in [0, 0.1) is 6.92 Å². The maximum Gasteiger partial charge on any atom is 0.0943 e. The molecule has 0 spiro atoms. The lowest BCUT2D eigenvalue weighted by molar-refractivity contribution is 0.546. The van der Waals surface area contributed by atoms with Crippen molar-refractivity contribution in [3.63, 3.8) is 0 Å². The highest BCUT2D eigenvalue weighted by Crippen LogP contribution is 2.27. The van der Waals surface area contributed by atoms with Gasteiger partial charge >= 0.3 is 0 Å². The third-order valence-corrected chi connectivity index (χ3v) is 4.33. The van der Waals surface area contributed by atoms with E-state index in [1.165, 1.54) is 20.6 Å². The van der Waals surface area contributed by atoms with Crippen LogP contribution in [0.5, 0.6) is 0 Å². The predicted molar refractivity (Wildman–Crippen MR) is 81.1 cm³/mol. The van der Waals surface area contributed by atoms with Crippen LogP contribution in [0.15, 0.2) is 34.2 Å². The predicted octanol–water partition coefficient (Wildman–Crippen LogP) is 4.11. The molecule has 0 saturated carbocycles. The second-order valence-electron chi connectivity index (χ2n) is 4.27. The number of nitrogens with one attached hydrogen (secondary N) is 1. The Hall–Kier alpha value is -0.710. The molecule has 0 aliphatic heterocycles. The fraction of sp³-hybridized carbons (Fsp3) is 0.357. The van der Waals surface area contributed by atoms with E-state index in [1.807, 2.05) is 11.6 Å². The number of likely N-dealkylation sites (N-methyl/N-ethyl adjacent to an activating group) is 1. The Bertz CT molecular complexity index is 497. The highest BCUT2D eigenvalue weighted by atomic mass is 79.9. The SMILES string of the molecule is CCNC(Cc1nccs1)c1ccc(C)cc1Br. The lowest BCUT2D eigenvalue weighted by Crippen LogP contribution is -2.23. The van der Waals surface area contributed by atoms with Gasteiger partial charge in [-0.05, 0) is 30.7 Å². The van der Waals surface area contributed by atoms with E-state index in [4.69, 9.17) is 0 Å². The maximum atomic E-state index is 4.37. The van der Waals surface area contributed by atoms with Gasteiger partial charge in [0.1, 0.15) is 0 Å². The third-order valence-electron chi connectivity index (χ3n) is 2.84. The maximum absolute atomic E-state index is 4.37. The molecule has 18 heavy (non-hydrogen) atoms. The Morgan fingerprint density at radius 3 is 2.89 bits per heavy atom. The number of hydrogen-bond acceptors (Lipinski definition) is 3. The zero-order chi connectivity index (χ0) is 13.0. The molecular formula is C14H17BrN2S. The molecule has 0 aliphatic carbocycles. The van der Waals surface area contributed by atoms with Gasteiger partial charge in [-0.25, -0.2) is 4.98 Å². The van der Waals surface area contributed by atoms with Gasteiger partial charge in [-0.2, -0.15) is 0 Å². The molecule has 4 heteroatoms. The zero-order valence-electron chi connectivity index (χ0n) is 10.6. The minimum Gasteiger partial charge on any atom is -0.310 e. The van der Waals surface area contributed by atoms with Crippen LogP contribution in [0.25, 0.3) is 0 Å². The van der Waals surface area contributed by atoms with Crippen LogP contribution in [0.4, 0.5) is 0 Å². The number of hydrogen-bond donors (Lipinski definition) is 1. The second-order valence-corrected chi connectivity index (χ2v) is 6.10. The summed E-state index contributed by atoms with van der Waals surface area (Å²) in [5.41, 5.74) is 2.58. The molecule has 1 aromatic carbocycles. The molecule has 1 unspecified atom stereocenters. The quantitative estimate of drug-likeness (QED) is 0.895. The Kier molecular flexibility index (Phi) is 4.92. The molecule has 2 nitrogen and oxygen atoms in total. The van der Waals surface area contributed by atoms with Gasteiger partial charge in [0, 0.05) is 28.5 Å². The molecular weight excluding hydrogens is 308 g/mol. The van der Waals surface area contributed by atoms with Gasteiger partial charge in [0.2, 0.25) is 0 Å². The van der Waals surface area contributed by atoms with E-state index in [2.05, 4.69) is 58.3 Å². The molecule has 0 aliphatic rings. The van der Waals surface area contributed by atoms with Crippen molar-refractivity contribution in [2.75, 3.05) is 6.54 Å². The zero-order valence-corrected chi connectivity index (χ0v) is 13.0. The first-order valence-electron chi connectivity index (χ1n) is 6.08. The molecule has 1 N–H and O–H groups in total. The highest BCUT2D eigenvalue weighted by Gasteiger charge is 2.15. The van der Waals surface area contributed by atoms with Crippen LogP contribution < -0.4 is 5.32 Å². The number of thiazole rings is 1. The minimum atomic E-state index is 0.316. The van der Waals surface area contributed by atoms with Crippen LogP contribution in [-0.4, -0.2) is 11.5 Å². The number of nitrogens with zero attached hydrogens (tertiary/aromatic N) is 1. The van der Waals surface area contributed by atoms with Crippen molar-refractivity contribution >= 4 is 27.3 Å². The first kappa shape index (κ1) is 13.7. The first-order valence-corrected chi connectivity index (χ1v) is 7.75. The molecule has 2 aromatic rings. The monoisotopic (exact) mass is 324 g/mol. The van der Waals surface area contributed by atoms with Crippen molar-refractivity contribution in [2.24, 2.45) is 0 Å². The molecule has 2 rings (SSSR count). The number of aromatic nitrogens is 1. The van der Waals surface area contributed by atoms with Crippen LogP contribution in [0.3, 0.4) is 0 Å². The van der Waals surface area contributed by atoms with Crippen molar-refractivity contribution in [1.29, 1.82) is 0 Å². The van der Waals surface area contributed by atoms with Gasteiger partial charge in [-0.3, -0.25) is 0 Å². The fourth-order valence-electron chi connectivity index (χ4n) is 1.98. The van der Waals surface area contributed by atoms with Crippen molar-refractivity contribution < 1.29 is 0 Å². The van der Waals surface area contributed by atoms with E-state index in [9.17, 15) is 0 Å². The van der Waals surface area contributed by atoms with E-state index in [0.29, 0.717) is 6.04 Å². The molecule has 0 saturated heterocycles. The van der Waals surface area contributed by atoms with Crippen molar-refractivity contribution in [2.45, 2.75) is 26.3 Å². The number of rotatable bonds is 5. The molecule has 0 bridgehead atoms. The third kappa shape index (κ3) is 3.40. The summed E-state index contributed by atoms with van der Waals surface area (Å²) >= 11 is 5.38. The van der Waals surface area contributed by atoms with E-state index < -0.39 is 0 Å². The van der Waals surface area contributed by atoms with Crippen LogP contribution in [0.2, 0.25) is 0 Å². The second kappa shape index (κ2) is 6.45. The summed E-state index contributed by atoms with van der Waals surface area (Å²) in [4.78, 5) is 4.37. The number of aryl methyl sites for hydroxylation is 1. The fourth-order valence-corrected chi connectivity index (χ4v) is 3.41. The Balaban J connectivity index is 2.23. The van der Waals surface area contributed by atoms with Crippen LogP contribution in [0.1, 0.15) is 29.1 Å². The lowest BCUT2D eigenvalue weighted by Gasteiger charge is -2.19. The Morgan fingerprint density at radius 1 is 1.44 bits per heavy atom. The summed E-state index contributed by atoms with van der Waals surface area (Å²) in [5, 5.41) is 6.74. The largest absolute Gasteiger partial charge is 0.310 e. The summed E-state index contributed by atoms with van der Waals surface area (Å²) < 4.78 is 1.17. The van der Waals surface area contributed by atoms with E-state index in [-0.39, 0.29) is 0 Å². The highest BCUT2D eigenvalue weighted by molar-refractivity contribution is 9.10. The summed E-state index contributed by atoms with van der Waals surface area (Å²) in [6.45, 7) is 5.20. The average molecular weight is 325 g/mol. The molecule has 1 aromatic heterocycles. The van der Waals surface area contributed by atoms with Crippen molar-refractivity contribution in [3.05, 3.63) is 50.4 Å². The smallest absolute Gasteiger partial charge is 0.0943 e. The van der Waals surface area contributed by atoms with Gasteiger partial charge < -0.3 is 5.32 Å². The molecule has 1 heterocycles. The molecule has 96 valence electrons. The molecule has 0 fully saturated rings. The number of benzene rings is 1. The van der Waals surface area contributed by atoms with E-state index >= 15 is 0 Å². The Labute approximate surface area is 121 Å². The first-order chi connectivity index (χ1) is 8.70. The van der Waals surface area contributed by atoms with Crippen LogP contribution >= 0.6 is 27.3 Å². The van der Waals surface area contributed by atoms with Gasteiger partial charge in [0.25, 0.3) is 0 Å². The molecule has 0 radical (unpaired) electrons. The van der Waals surface area contributed by atoms with Gasteiger partial charge in [0.05, 0.1) is 5.01 Å².